The first-order chi connectivity index (χ1) is 13.2. The first-order valence-corrected chi connectivity index (χ1v) is 9.71. The van der Waals surface area contributed by atoms with Crippen molar-refractivity contribution in [1.29, 1.82) is 0 Å². The van der Waals surface area contributed by atoms with Crippen LogP contribution in [0.2, 0.25) is 0 Å². The zero-order valence-corrected chi connectivity index (χ0v) is 16.4. The molecule has 0 spiro atoms. The number of morpholine rings is 1. The van der Waals surface area contributed by atoms with Crippen LogP contribution in [0.25, 0.3) is 0 Å². The SMILES string of the molecule is O=C1Nc2ccc(Br)cc2C1=Nc1ccc(OCCN2CCOCC2)cc1. The number of fused-ring (bicyclic) bond motifs is 1. The Morgan fingerprint density at radius 3 is 2.70 bits per heavy atom. The summed E-state index contributed by atoms with van der Waals surface area (Å²) in [5, 5.41) is 2.84. The van der Waals surface area contributed by atoms with E-state index in [4.69, 9.17) is 9.47 Å². The molecule has 140 valence electrons. The van der Waals surface area contributed by atoms with E-state index in [9.17, 15) is 4.79 Å². The van der Waals surface area contributed by atoms with Crippen molar-refractivity contribution in [3.05, 3.63) is 52.5 Å². The van der Waals surface area contributed by atoms with Crippen LogP contribution in [-0.2, 0) is 9.53 Å². The largest absolute Gasteiger partial charge is 0.492 e. The molecule has 0 aromatic heterocycles. The third kappa shape index (κ3) is 4.37. The van der Waals surface area contributed by atoms with Gasteiger partial charge in [0.15, 0.2) is 0 Å². The molecule has 27 heavy (non-hydrogen) atoms. The van der Waals surface area contributed by atoms with Gasteiger partial charge in [-0.25, -0.2) is 4.99 Å². The van der Waals surface area contributed by atoms with E-state index in [0.29, 0.717) is 18.0 Å². The van der Waals surface area contributed by atoms with Crippen molar-refractivity contribution in [2.24, 2.45) is 4.99 Å². The molecule has 0 bridgehead atoms. The number of nitrogens with one attached hydrogen (secondary N) is 1. The zero-order chi connectivity index (χ0) is 18.6. The van der Waals surface area contributed by atoms with Crippen molar-refractivity contribution < 1.29 is 14.3 Å². The second kappa shape index (κ2) is 8.21. The van der Waals surface area contributed by atoms with Crippen LogP contribution in [-0.4, -0.2) is 56.0 Å². The topological polar surface area (TPSA) is 63.2 Å². The minimum absolute atomic E-state index is 0.186. The molecule has 0 aliphatic carbocycles. The van der Waals surface area contributed by atoms with E-state index in [1.165, 1.54) is 0 Å². The molecule has 1 fully saturated rings. The number of hydrogen-bond donors (Lipinski definition) is 1. The molecule has 2 aromatic carbocycles. The minimum atomic E-state index is -0.186. The number of carbonyl (C=O) groups excluding carboxylic acids is 1. The zero-order valence-electron chi connectivity index (χ0n) is 14.8. The fraction of sp³-hybridized carbons (Fsp3) is 0.300. The predicted molar refractivity (Wildman–Crippen MR) is 108 cm³/mol. The summed E-state index contributed by atoms with van der Waals surface area (Å²) in [5.74, 6) is 0.611. The van der Waals surface area contributed by atoms with Gasteiger partial charge in [0.25, 0.3) is 5.91 Å². The van der Waals surface area contributed by atoms with Crippen LogP contribution in [0.15, 0.2) is 51.9 Å². The Kier molecular flexibility index (Phi) is 5.52. The van der Waals surface area contributed by atoms with Gasteiger partial charge in [0.05, 0.1) is 24.6 Å². The lowest BCUT2D eigenvalue weighted by Crippen LogP contribution is -2.38. The molecule has 1 amide bonds. The van der Waals surface area contributed by atoms with E-state index in [0.717, 1.165) is 54.3 Å². The number of anilines is 1. The van der Waals surface area contributed by atoms with Gasteiger partial charge in [0.1, 0.15) is 18.1 Å². The van der Waals surface area contributed by atoms with Gasteiger partial charge in [0.2, 0.25) is 0 Å². The van der Waals surface area contributed by atoms with Crippen molar-refractivity contribution in [1.82, 2.24) is 4.90 Å². The average Bonchev–Trinajstić information content (AvgIpc) is 2.99. The van der Waals surface area contributed by atoms with E-state index in [-0.39, 0.29) is 5.91 Å². The van der Waals surface area contributed by atoms with Gasteiger partial charge in [-0.15, -0.1) is 0 Å². The molecule has 6 nitrogen and oxygen atoms in total. The van der Waals surface area contributed by atoms with Gasteiger partial charge in [-0.1, -0.05) is 15.9 Å². The van der Waals surface area contributed by atoms with Gasteiger partial charge >= 0.3 is 0 Å². The van der Waals surface area contributed by atoms with Gasteiger partial charge < -0.3 is 14.8 Å². The first kappa shape index (κ1) is 18.2. The molecular formula is C20H20BrN3O3. The third-order valence-electron chi connectivity index (χ3n) is 4.56. The minimum Gasteiger partial charge on any atom is -0.492 e. The Hall–Kier alpha value is -2.22. The van der Waals surface area contributed by atoms with Crippen molar-refractivity contribution in [2.75, 3.05) is 44.8 Å². The van der Waals surface area contributed by atoms with Crippen LogP contribution in [0.1, 0.15) is 5.56 Å². The highest BCUT2D eigenvalue weighted by Gasteiger charge is 2.26. The second-order valence-corrected chi connectivity index (χ2v) is 7.32. The molecule has 0 radical (unpaired) electrons. The molecule has 2 aliphatic rings. The lowest BCUT2D eigenvalue weighted by atomic mass is 10.1. The maximum Gasteiger partial charge on any atom is 0.275 e. The summed E-state index contributed by atoms with van der Waals surface area (Å²) in [6, 6.07) is 13.1. The summed E-state index contributed by atoms with van der Waals surface area (Å²) < 4.78 is 12.1. The van der Waals surface area contributed by atoms with Crippen LogP contribution >= 0.6 is 15.9 Å². The van der Waals surface area contributed by atoms with Crippen LogP contribution in [0, 0.1) is 0 Å². The maximum atomic E-state index is 12.2. The first-order valence-electron chi connectivity index (χ1n) is 8.92. The van der Waals surface area contributed by atoms with Gasteiger partial charge in [-0.2, -0.15) is 0 Å². The number of benzene rings is 2. The monoisotopic (exact) mass is 429 g/mol. The Bertz CT molecular complexity index is 861. The predicted octanol–water partition coefficient (Wildman–Crippen LogP) is 3.23. The van der Waals surface area contributed by atoms with Crippen LogP contribution in [0.3, 0.4) is 0 Å². The molecular weight excluding hydrogens is 410 g/mol. The third-order valence-corrected chi connectivity index (χ3v) is 5.05. The molecule has 0 unspecified atom stereocenters. The highest BCUT2D eigenvalue weighted by Crippen LogP contribution is 2.29. The van der Waals surface area contributed by atoms with Crippen molar-refractivity contribution in [3.8, 4) is 5.75 Å². The van der Waals surface area contributed by atoms with Crippen molar-refractivity contribution in [2.45, 2.75) is 0 Å². The molecule has 1 saturated heterocycles. The number of ether oxygens (including phenoxy) is 2. The van der Waals surface area contributed by atoms with Crippen LogP contribution < -0.4 is 10.1 Å². The highest BCUT2D eigenvalue weighted by atomic mass is 79.9. The van der Waals surface area contributed by atoms with Gasteiger partial charge in [-0.3, -0.25) is 9.69 Å². The molecule has 0 saturated carbocycles. The Morgan fingerprint density at radius 1 is 1.15 bits per heavy atom. The average molecular weight is 430 g/mol. The fourth-order valence-electron chi connectivity index (χ4n) is 3.10. The molecule has 7 heteroatoms. The number of hydrogen-bond acceptors (Lipinski definition) is 5. The molecule has 2 heterocycles. The van der Waals surface area contributed by atoms with E-state index in [1.807, 2.05) is 42.5 Å². The summed E-state index contributed by atoms with van der Waals surface area (Å²) in [6.07, 6.45) is 0. The smallest absolute Gasteiger partial charge is 0.275 e. The lowest BCUT2D eigenvalue weighted by molar-refractivity contribution is -0.110. The summed E-state index contributed by atoms with van der Waals surface area (Å²) >= 11 is 3.44. The molecule has 2 aliphatic heterocycles. The van der Waals surface area contributed by atoms with Crippen LogP contribution in [0.5, 0.6) is 5.75 Å². The molecule has 0 atom stereocenters. The van der Waals surface area contributed by atoms with E-state index < -0.39 is 0 Å². The molecule has 4 rings (SSSR count). The van der Waals surface area contributed by atoms with E-state index >= 15 is 0 Å². The number of carbonyl (C=O) groups is 1. The number of halogens is 1. The van der Waals surface area contributed by atoms with Crippen molar-refractivity contribution in [3.63, 3.8) is 0 Å². The summed E-state index contributed by atoms with van der Waals surface area (Å²) in [6.45, 7) is 5.03. The number of rotatable bonds is 5. The second-order valence-electron chi connectivity index (χ2n) is 6.40. The highest BCUT2D eigenvalue weighted by molar-refractivity contribution is 9.10. The quantitative estimate of drug-likeness (QED) is 0.792. The van der Waals surface area contributed by atoms with Gasteiger partial charge in [0, 0.05) is 29.7 Å². The Balaban J connectivity index is 1.40. The normalized spacial score (nSPS) is 18.4. The summed E-state index contributed by atoms with van der Waals surface area (Å²) in [4.78, 5) is 19.1. The van der Waals surface area contributed by atoms with Crippen LogP contribution in [0.4, 0.5) is 11.4 Å². The van der Waals surface area contributed by atoms with Gasteiger partial charge in [-0.05, 0) is 42.5 Å². The summed E-state index contributed by atoms with van der Waals surface area (Å²) in [5.41, 5.74) is 2.73. The Labute approximate surface area is 166 Å². The maximum absolute atomic E-state index is 12.2. The summed E-state index contributed by atoms with van der Waals surface area (Å²) in [7, 11) is 0. The number of amides is 1. The lowest BCUT2D eigenvalue weighted by Gasteiger charge is -2.26. The standard InChI is InChI=1S/C20H20BrN3O3/c21-14-1-6-18-17(13-14)19(20(25)23-18)22-15-2-4-16(5-3-15)27-12-9-24-7-10-26-11-8-24/h1-6,13H,7-12H2,(H,22,23,25). The van der Waals surface area contributed by atoms with Crippen molar-refractivity contribution >= 4 is 38.9 Å². The molecule has 1 N–H and O–H groups in total. The Morgan fingerprint density at radius 2 is 1.93 bits per heavy atom. The molecule has 2 aromatic rings. The fourth-order valence-corrected chi connectivity index (χ4v) is 3.46. The number of aliphatic imine (C=N–C) groups is 1. The van der Waals surface area contributed by atoms with E-state index in [1.54, 1.807) is 0 Å². The van der Waals surface area contributed by atoms with E-state index in [2.05, 4.69) is 31.1 Å². The number of nitrogens with zero attached hydrogens (tertiary/aromatic N) is 2.